The van der Waals surface area contributed by atoms with Crippen LogP contribution in [0.1, 0.15) is 95.9 Å². The number of carbonyl (C=O) groups excluding carboxylic acids is 6. The molecule has 0 amide bonds. The fourth-order valence-corrected chi connectivity index (χ4v) is 10.4. The lowest BCUT2D eigenvalue weighted by molar-refractivity contribution is -0.292. The van der Waals surface area contributed by atoms with Crippen LogP contribution in [-0.4, -0.2) is 77.7 Å². The van der Waals surface area contributed by atoms with Gasteiger partial charge in [-0.3, -0.25) is 19.2 Å². The molecule has 0 radical (unpaired) electrons. The van der Waals surface area contributed by atoms with Crippen molar-refractivity contribution in [1.82, 2.24) is 0 Å². The van der Waals surface area contributed by atoms with Crippen molar-refractivity contribution in [2.45, 2.75) is 138 Å². The van der Waals surface area contributed by atoms with E-state index < -0.39 is 101 Å². The summed E-state index contributed by atoms with van der Waals surface area (Å²) >= 11 is 0. The summed E-state index contributed by atoms with van der Waals surface area (Å²) in [7, 11) is 0. The minimum absolute atomic E-state index is 0.00263. The minimum Gasteiger partial charge on any atom is -0.462 e. The van der Waals surface area contributed by atoms with Gasteiger partial charge >= 0.3 is 35.8 Å². The maximum absolute atomic E-state index is 14.1. The molecule has 13 atom stereocenters. The first-order chi connectivity index (χ1) is 23.6. The summed E-state index contributed by atoms with van der Waals surface area (Å²) < 4.78 is 44.8. The first kappa shape index (κ1) is 38.5. The van der Waals surface area contributed by atoms with E-state index in [0.29, 0.717) is 6.42 Å². The zero-order valence-corrected chi connectivity index (χ0v) is 31.6. The molecule has 1 aliphatic heterocycles. The topological polar surface area (TPSA) is 167 Å². The summed E-state index contributed by atoms with van der Waals surface area (Å²) in [6.45, 7) is 19.1. The van der Waals surface area contributed by atoms with Crippen molar-refractivity contribution in [3.8, 4) is 0 Å². The van der Waals surface area contributed by atoms with Crippen molar-refractivity contribution in [2.75, 3.05) is 0 Å². The highest BCUT2D eigenvalue weighted by Gasteiger charge is 2.89. The SMILES string of the molecule is C/C=C(\C)C(=O)O[C@@H]1[C@H]2[C@@H](OC(C)=O)[C@@H](C)CC2(OC(=O)/C(C)=C/C)[C@H](OC(C)=O)[C@@]2(C)O[C@H](OC(C)=O)C13C(OC(C)=O)C[C@H]1[C@@H]([C@H]32)C1(C)C. The highest BCUT2D eigenvalue weighted by atomic mass is 16.7. The van der Waals surface area contributed by atoms with Crippen LogP contribution in [0.25, 0.3) is 0 Å². The number of esters is 6. The molecule has 5 rings (SSSR count). The van der Waals surface area contributed by atoms with Crippen molar-refractivity contribution in [1.29, 1.82) is 0 Å². The molecule has 13 nitrogen and oxygen atoms in total. The van der Waals surface area contributed by atoms with Crippen molar-refractivity contribution in [3.63, 3.8) is 0 Å². The standard InChI is InChI=1S/C38H52O13/c1-13-17(3)31(43)49-30-27-28(46-21(7)40)19(5)16-37(27,50-32(44)18(4)14-2)33(47-22(8)41)36(12)29-26-24(35(26,10)11)15-25(45-20(6)39)38(29,30)34(51-36)48-23(9)42/h13-14,19,24-30,33-34H,15-16H2,1-12H3/b17-13+,18-14+/t19-,24-,25?,26-,27+,28-,29-,30+,33+,34-,36-,37?,38?/m0/s1. The number of hydrogen-bond acceptors (Lipinski definition) is 13. The van der Waals surface area contributed by atoms with E-state index in [1.807, 2.05) is 0 Å². The smallest absolute Gasteiger partial charge is 0.334 e. The quantitative estimate of drug-likeness (QED) is 0.195. The summed E-state index contributed by atoms with van der Waals surface area (Å²) in [5, 5.41) is 0. The minimum atomic E-state index is -1.84. The Kier molecular flexibility index (Phi) is 9.84. The number of carbonyl (C=O) groups is 6. The second-order valence-electron chi connectivity index (χ2n) is 15.9. The molecule has 0 aromatic carbocycles. The Balaban J connectivity index is 1.98. The van der Waals surface area contributed by atoms with E-state index in [2.05, 4.69) is 13.8 Å². The van der Waals surface area contributed by atoms with Gasteiger partial charge in [-0.1, -0.05) is 32.9 Å². The molecule has 3 unspecified atom stereocenters. The molecular weight excluding hydrogens is 664 g/mol. The number of allylic oxidation sites excluding steroid dienone is 2. The molecule has 4 saturated carbocycles. The maximum Gasteiger partial charge on any atom is 0.334 e. The van der Waals surface area contributed by atoms with E-state index in [9.17, 15) is 28.8 Å². The van der Waals surface area contributed by atoms with Gasteiger partial charge in [0, 0.05) is 44.8 Å². The molecule has 1 saturated heterocycles. The van der Waals surface area contributed by atoms with E-state index >= 15 is 0 Å². The fraction of sp³-hybridized carbons (Fsp3) is 0.737. The average molecular weight is 717 g/mol. The third-order valence-electron chi connectivity index (χ3n) is 12.5. The van der Waals surface area contributed by atoms with Crippen molar-refractivity contribution >= 4 is 35.8 Å². The van der Waals surface area contributed by atoms with Gasteiger partial charge in [0.2, 0.25) is 6.29 Å². The monoisotopic (exact) mass is 716 g/mol. The van der Waals surface area contributed by atoms with Crippen LogP contribution in [0.4, 0.5) is 0 Å². The molecule has 0 aromatic heterocycles. The molecule has 2 bridgehead atoms. The molecule has 0 spiro atoms. The predicted molar refractivity (Wildman–Crippen MR) is 178 cm³/mol. The Hall–Kier alpha value is -3.74. The zero-order valence-electron chi connectivity index (χ0n) is 31.6. The summed E-state index contributed by atoms with van der Waals surface area (Å²) in [5.41, 5.74) is -5.01. The van der Waals surface area contributed by atoms with Gasteiger partial charge in [-0.15, -0.1) is 0 Å². The molecular formula is C38H52O13. The van der Waals surface area contributed by atoms with Crippen molar-refractivity contribution < 1.29 is 61.9 Å². The lowest BCUT2D eigenvalue weighted by atomic mass is 9.56. The van der Waals surface area contributed by atoms with Gasteiger partial charge in [0.15, 0.2) is 11.7 Å². The largest absolute Gasteiger partial charge is 0.462 e. The molecule has 5 fully saturated rings. The highest BCUT2D eigenvalue weighted by molar-refractivity contribution is 5.89. The Bertz CT molecular complexity index is 1580. The average Bonchev–Trinajstić information content (AvgIpc) is 3.31. The van der Waals surface area contributed by atoms with Gasteiger partial charge in [0.25, 0.3) is 0 Å². The lowest BCUT2D eigenvalue weighted by Gasteiger charge is -2.52. The van der Waals surface area contributed by atoms with Gasteiger partial charge in [-0.2, -0.15) is 0 Å². The number of fused-ring (bicyclic) bond motifs is 2. The van der Waals surface area contributed by atoms with Crippen molar-refractivity contribution in [2.24, 2.45) is 40.4 Å². The number of hydrogen-bond donors (Lipinski definition) is 0. The fourth-order valence-electron chi connectivity index (χ4n) is 10.4. The van der Waals surface area contributed by atoms with E-state index in [4.69, 9.17) is 33.2 Å². The van der Waals surface area contributed by atoms with Crippen LogP contribution in [0, 0.1) is 40.4 Å². The molecule has 0 N–H and O–H groups in total. The van der Waals surface area contributed by atoms with Crippen LogP contribution in [0.15, 0.2) is 23.3 Å². The second-order valence-corrected chi connectivity index (χ2v) is 15.9. The van der Waals surface area contributed by atoms with E-state index in [-0.39, 0.29) is 34.8 Å². The zero-order chi connectivity index (χ0) is 38.2. The third-order valence-corrected chi connectivity index (χ3v) is 12.5. The van der Waals surface area contributed by atoms with Crippen LogP contribution < -0.4 is 0 Å². The van der Waals surface area contributed by atoms with Crippen molar-refractivity contribution in [3.05, 3.63) is 23.3 Å². The van der Waals surface area contributed by atoms with Gasteiger partial charge in [-0.05, 0) is 70.6 Å². The first-order valence-electron chi connectivity index (χ1n) is 17.7. The second kappa shape index (κ2) is 13.0. The molecule has 1 heterocycles. The van der Waals surface area contributed by atoms with Gasteiger partial charge < -0.3 is 33.2 Å². The lowest BCUT2D eigenvalue weighted by Crippen LogP contribution is -2.67. The molecule has 282 valence electrons. The van der Waals surface area contributed by atoms with E-state index in [0.717, 1.165) is 0 Å². The van der Waals surface area contributed by atoms with E-state index in [1.165, 1.54) is 27.7 Å². The molecule has 0 aromatic rings. The summed E-state index contributed by atoms with van der Waals surface area (Å²) in [6, 6.07) is 0. The maximum atomic E-state index is 14.1. The Morgan fingerprint density at radius 1 is 0.706 bits per heavy atom. The van der Waals surface area contributed by atoms with Crippen LogP contribution in [0.5, 0.6) is 0 Å². The predicted octanol–water partition coefficient (Wildman–Crippen LogP) is 4.53. The summed E-state index contributed by atoms with van der Waals surface area (Å²) in [6.07, 6.45) is -3.08. The summed E-state index contributed by atoms with van der Waals surface area (Å²) in [4.78, 5) is 80.3. The molecule has 4 aliphatic carbocycles. The Morgan fingerprint density at radius 2 is 1.25 bits per heavy atom. The van der Waals surface area contributed by atoms with Gasteiger partial charge in [0.1, 0.15) is 29.3 Å². The Morgan fingerprint density at radius 3 is 1.78 bits per heavy atom. The Labute approximate surface area is 299 Å². The van der Waals surface area contributed by atoms with Crippen LogP contribution in [0.3, 0.4) is 0 Å². The highest BCUT2D eigenvalue weighted by Crippen LogP contribution is 2.80. The van der Waals surface area contributed by atoms with Crippen LogP contribution >= 0.6 is 0 Å². The van der Waals surface area contributed by atoms with E-state index in [1.54, 1.807) is 53.7 Å². The normalized spacial score (nSPS) is 41.8. The molecule has 13 heteroatoms. The molecule has 51 heavy (non-hydrogen) atoms. The molecule has 5 aliphatic rings. The van der Waals surface area contributed by atoms with Gasteiger partial charge in [-0.25, -0.2) is 9.59 Å². The third kappa shape index (κ3) is 5.78. The number of ether oxygens (including phenoxy) is 7. The van der Waals surface area contributed by atoms with Crippen LogP contribution in [0.2, 0.25) is 0 Å². The number of rotatable bonds is 8. The van der Waals surface area contributed by atoms with Crippen LogP contribution in [-0.2, 0) is 61.9 Å². The first-order valence-corrected chi connectivity index (χ1v) is 17.7. The van der Waals surface area contributed by atoms with Gasteiger partial charge in [0.05, 0.1) is 5.92 Å². The summed E-state index contributed by atoms with van der Waals surface area (Å²) in [5.74, 6) is -7.01.